The summed E-state index contributed by atoms with van der Waals surface area (Å²) in [6.45, 7) is 2.07. The molecule has 168 valence electrons. The predicted molar refractivity (Wildman–Crippen MR) is 125 cm³/mol. The summed E-state index contributed by atoms with van der Waals surface area (Å²) < 4.78 is 29.8. The van der Waals surface area contributed by atoms with Crippen LogP contribution in [0.4, 0.5) is 11.5 Å². The first-order chi connectivity index (χ1) is 15.5. The van der Waals surface area contributed by atoms with E-state index in [1.165, 1.54) is 22.9 Å². The van der Waals surface area contributed by atoms with Crippen LogP contribution in [0.3, 0.4) is 0 Å². The van der Waals surface area contributed by atoms with Gasteiger partial charge in [-0.3, -0.25) is 9.10 Å². The molecule has 8 heteroatoms. The third-order valence-electron chi connectivity index (χ3n) is 5.85. The van der Waals surface area contributed by atoms with Crippen molar-refractivity contribution in [1.82, 2.24) is 9.78 Å². The van der Waals surface area contributed by atoms with Crippen molar-refractivity contribution in [2.45, 2.75) is 50.0 Å². The summed E-state index contributed by atoms with van der Waals surface area (Å²) in [7, 11) is -3.81. The Morgan fingerprint density at radius 2 is 1.81 bits per heavy atom. The lowest BCUT2D eigenvalue weighted by Crippen LogP contribution is -2.31. The number of anilines is 2. The Labute approximate surface area is 189 Å². The molecule has 2 aromatic carbocycles. The molecule has 1 aromatic heterocycles. The molecular weight excluding hydrogens is 424 g/mol. The molecule has 1 amide bonds. The monoisotopic (exact) mass is 452 g/mol. The minimum Gasteiger partial charge on any atom is -0.307 e. The van der Waals surface area contributed by atoms with Crippen LogP contribution < -0.4 is 9.62 Å². The van der Waals surface area contributed by atoms with Gasteiger partial charge in [0.25, 0.3) is 15.9 Å². The Morgan fingerprint density at radius 3 is 2.53 bits per heavy atom. The Balaban J connectivity index is 1.57. The van der Waals surface area contributed by atoms with Crippen molar-refractivity contribution < 1.29 is 13.2 Å². The highest BCUT2D eigenvalue weighted by Crippen LogP contribution is 2.30. The summed E-state index contributed by atoms with van der Waals surface area (Å²) in [5.41, 5.74) is 0.868. The minimum absolute atomic E-state index is 0.0802. The van der Waals surface area contributed by atoms with Crippen molar-refractivity contribution in [2.75, 3.05) is 16.2 Å². The van der Waals surface area contributed by atoms with E-state index in [4.69, 9.17) is 0 Å². The number of nitrogens with zero attached hydrogens (tertiary/aromatic N) is 3. The van der Waals surface area contributed by atoms with Crippen LogP contribution in [-0.4, -0.2) is 30.7 Å². The van der Waals surface area contributed by atoms with Gasteiger partial charge in [0.05, 0.1) is 22.8 Å². The highest BCUT2D eigenvalue weighted by Gasteiger charge is 2.25. The van der Waals surface area contributed by atoms with Gasteiger partial charge in [0, 0.05) is 18.2 Å². The van der Waals surface area contributed by atoms with Gasteiger partial charge in [0.15, 0.2) is 0 Å². The Kier molecular flexibility index (Phi) is 6.60. The van der Waals surface area contributed by atoms with E-state index in [9.17, 15) is 13.2 Å². The number of amides is 1. The molecule has 1 saturated carbocycles. The Bertz CT molecular complexity index is 1170. The molecule has 1 aliphatic carbocycles. The largest absolute Gasteiger partial charge is 0.307 e. The number of aromatic nitrogens is 2. The van der Waals surface area contributed by atoms with Crippen molar-refractivity contribution in [3.8, 4) is 0 Å². The maximum absolute atomic E-state index is 13.3. The fraction of sp³-hybridized carbons (Fsp3) is 0.333. The summed E-state index contributed by atoms with van der Waals surface area (Å²) >= 11 is 0. The maximum Gasteiger partial charge on any atom is 0.264 e. The number of carbonyl (C=O) groups excluding carboxylic acids is 1. The molecule has 0 unspecified atom stereocenters. The molecule has 4 rings (SSSR count). The number of hydrogen-bond donors (Lipinski definition) is 1. The van der Waals surface area contributed by atoms with Gasteiger partial charge in [0.2, 0.25) is 0 Å². The zero-order chi connectivity index (χ0) is 22.6. The summed E-state index contributed by atoms with van der Waals surface area (Å²) in [6.07, 6.45) is 7.33. The van der Waals surface area contributed by atoms with Gasteiger partial charge >= 0.3 is 0 Å². The third kappa shape index (κ3) is 4.55. The second-order valence-corrected chi connectivity index (χ2v) is 9.80. The highest BCUT2D eigenvalue weighted by atomic mass is 32.2. The average molecular weight is 453 g/mol. The molecule has 0 spiro atoms. The summed E-state index contributed by atoms with van der Waals surface area (Å²) in [5, 5.41) is 7.32. The van der Waals surface area contributed by atoms with Crippen LogP contribution in [0, 0.1) is 0 Å². The lowest BCUT2D eigenvalue weighted by molar-refractivity contribution is 0.102. The number of hydrogen-bond acceptors (Lipinski definition) is 4. The number of sulfonamides is 1. The smallest absolute Gasteiger partial charge is 0.264 e. The zero-order valence-corrected chi connectivity index (χ0v) is 19.0. The molecule has 0 radical (unpaired) electrons. The molecule has 0 saturated heterocycles. The van der Waals surface area contributed by atoms with Crippen LogP contribution in [0.2, 0.25) is 0 Å². The van der Waals surface area contributed by atoms with E-state index in [-0.39, 0.29) is 29.0 Å². The second-order valence-electron chi connectivity index (χ2n) is 7.94. The van der Waals surface area contributed by atoms with Gasteiger partial charge in [0.1, 0.15) is 5.82 Å². The number of nitrogens with one attached hydrogen (secondary N) is 1. The molecule has 7 nitrogen and oxygen atoms in total. The number of rotatable bonds is 7. The van der Waals surface area contributed by atoms with Crippen LogP contribution in [0.1, 0.15) is 55.4 Å². The fourth-order valence-corrected chi connectivity index (χ4v) is 5.75. The first-order valence-electron chi connectivity index (χ1n) is 11.0. The van der Waals surface area contributed by atoms with E-state index in [0.717, 1.165) is 25.7 Å². The molecule has 3 aromatic rings. The maximum atomic E-state index is 13.3. The van der Waals surface area contributed by atoms with Gasteiger partial charge in [-0.2, -0.15) is 5.10 Å². The standard InChI is InChI=1S/C24H28N4O3S/c1-2-27(20-11-5-3-6-12-20)32(30,31)22-15-9-10-19(18-22)24(29)26-23-16-17-25-28(23)21-13-7-4-8-14-21/h3,5-6,9-12,15-18,21H,2,4,7-8,13-14H2,1H3,(H,26,29). The van der Waals surface area contributed by atoms with Crippen LogP contribution in [0.15, 0.2) is 71.8 Å². The molecular formula is C24H28N4O3S. The van der Waals surface area contributed by atoms with Gasteiger partial charge in [-0.1, -0.05) is 43.5 Å². The minimum atomic E-state index is -3.81. The first kappa shape index (κ1) is 22.1. The van der Waals surface area contributed by atoms with E-state index < -0.39 is 10.0 Å². The number of carbonyl (C=O) groups is 1. The summed E-state index contributed by atoms with van der Waals surface area (Å²) in [5.74, 6) is 0.275. The molecule has 0 atom stereocenters. The molecule has 1 N–H and O–H groups in total. The SMILES string of the molecule is CCN(c1ccccc1)S(=O)(=O)c1cccc(C(=O)Nc2ccnn2C2CCCCC2)c1. The molecule has 1 heterocycles. The number of benzene rings is 2. The van der Waals surface area contributed by atoms with E-state index in [1.54, 1.807) is 55.6 Å². The number of para-hydroxylation sites is 1. The fourth-order valence-electron chi connectivity index (χ4n) is 4.23. The quantitative estimate of drug-likeness (QED) is 0.555. The highest BCUT2D eigenvalue weighted by molar-refractivity contribution is 7.92. The predicted octanol–water partition coefficient (Wildman–Crippen LogP) is 4.86. The molecule has 1 fully saturated rings. The topological polar surface area (TPSA) is 84.3 Å². The molecule has 32 heavy (non-hydrogen) atoms. The normalized spacial score (nSPS) is 14.8. The third-order valence-corrected chi connectivity index (χ3v) is 7.75. The van der Waals surface area contributed by atoms with Crippen molar-refractivity contribution in [2.24, 2.45) is 0 Å². The van der Waals surface area contributed by atoms with Crippen molar-refractivity contribution >= 4 is 27.4 Å². The van der Waals surface area contributed by atoms with E-state index >= 15 is 0 Å². The van der Waals surface area contributed by atoms with Crippen LogP contribution >= 0.6 is 0 Å². The Morgan fingerprint density at radius 1 is 1.06 bits per heavy atom. The molecule has 0 aliphatic heterocycles. The van der Waals surface area contributed by atoms with Gasteiger partial charge < -0.3 is 5.32 Å². The molecule has 0 bridgehead atoms. The summed E-state index contributed by atoms with van der Waals surface area (Å²) in [4.78, 5) is 13.1. The second kappa shape index (κ2) is 9.56. The van der Waals surface area contributed by atoms with E-state index in [1.807, 2.05) is 10.7 Å². The van der Waals surface area contributed by atoms with E-state index in [0.29, 0.717) is 11.5 Å². The zero-order valence-electron chi connectivity index (χ0n) is 18.1. The average Bonchev–Trinajstić information content (AvgIpc) is 3.29. The van der Waals surface area contributed by atoms with Crippen molar-refractivity contribution in [3.63, 3.8) is 0 Å². The van der Waals surface area contributed by atoms with Gasteiger partial charge in [-0.15, -0.1) is 0 Å². The summed E-state index contributed by atoms with van der Waals surface area (Å²) in [6, 6.07) is 17.2. The van der Waals surface area contributed by atoms with E-state index in [2.05, 4.69) is 10.4 Å². The van der Waals surface area contributed by atoms with Crippen LogP contribution in [-0.2, 0) is 10.0 Å². The van der Waals surface area contributed by atoms with Crippen LogP contribution in [0.25, 0.3) is 0 Å². The van der Waals surface area contributed by atoms with Crippen molar-refractivity contribution in [1.29, 1.82) is 0 Å². The van der Waals surface area contributed by atoms with Crippen molar-refractivity contribution in [3.05, 3.63) is 72.4 Å². The van der Waals surface area contributed by atoms with Gasteiger partial charge in [-0.05, 0) is 50.1 Å². The lowest BCUT2D eigenvalue weighted by Gasteiger charge is -2.24. The molecule has 1 aliphatic rings. The van der Waals surface area contributed by atoms with Gasteiger partial charge in [-0.25, -0.2) is 13.1 Å². The lowest BCUT2D eigenvalue weighted by atomic mass is 9.96. The van der Waals surface area contributed by atoms with Crippen LogP contribution in [0.5, 0.6) is 0 Å². The first-order valence-corrected chi connectivity index (χ1v) is 12.5. The Hall–Kier alpha value is -3.13.